The number of Topliss-reactive ketones (excluding diaryl/α,β-unsaturated/α-hetero) is 1. The van der Waals surface area contributed by atoms with Gasteiger partial charge in [0, 0.05) is 10.9 Å². The summed E-state index contributed by atoms with van der Waals surface area (Å²) >= 11 is 9.81. The lowest BCUT2D eigenvalue weighted by Gasteiger charge is -2.43. The van der Waals surface area contributed by atoms with Gasteiger partial charge in [0.1, 0.15) is 5.60 Å². The van der Waals surface area contributed by atoms with Crippen molar-refractivity contribution in [3.8, 4) is 0 Å². The zero-order valence-corrected chi connectivity index (χ0v) is 13.3. The number of halogens is 2. The van der Waals surface area contributed by atoms with Gasteiger partial charge in [-0.2, -0.15) is 0 Å². The number of hydrogen-bond donors (Lipinski definition) is 1. The SMILES string of the molecule is C[C@]1(Cl)CCCC(=O)[C@@]1(O)CCc1cccc(Br)c1. The third-order valence-corrected chi connectivity index (χ3v) is 5.03. The summed E-state index contributed by atoms with van der Waals surface area (Å²) in [5.41, 5.74) is -0.316. The van der Waals surface area contributed by atoms with Crippen molar-refractivity contribution >= 4 is 33.3 Å². The Balaban J connectivity index is 2.14. The van der Waals surface area contributed by atoms with Crippen LogP contribution in [0.5, 0.6) is 0 Å². The second-order valence-corrected chi connectivity index (χ2v) is 7.21. The second kappa shape index (κ2) is 5.55. The smallest absolute Gasteiger partial charge is 0.166 e. The van der Waals surface area contributed by atoms with Crippen LogP contribution in [0.3, 0.4) is 0 Å². The van der Waals surface area contributed by atoms with Gasteiger partial charge in [-0.3, -0.25) is 4.79 Å². The van der Waals surface area contributed by atoms with Crippen molar-refractivity contribution in [2.75, 3.05) is 0 Å². The molecule has 1 aliphatic carbocycles. The second-order valence-electron chi connectivity index (χ2n) is 5.46. The standard InChI is InChI=1S/C15H18BrClO2/c1-14(17)8-3-6-13(18)15(14,19)9-7-11-4-2-5-12(16)10-11/h2,4-5,10,19H,3,6-9H2,1H3/t14-,15-/m0/s1. The molecule has 1 aromatic carbocycles. The number of benzene rings is 1. The van der Waals surface area contributed by atoms with Crippen LogP contribution in [0.25, 0.3) is 0 Å². The van der Waals surface area contributed by atoms with Crippen molar-refractivity contribution in [2.45, 2.75) is 49.5 Å². The fourth-order valence-corrected chi connectivity index (χ4v) is 3.48. The minimum atomic E-state index is -1.41. The number of aliphatic hydroxyl groups is 1. The van der Waals surface area contributed by atoms with E-state index in [1.165, 1.54) is 0 Å². The predicted molar refractivity (Wildman–Crippen MR) is 80.5 cm³/mol. The topological polar surface area (TPSA) is 37.3 Å². The van der Waals surface area contributed by atoms with Gasteiger partial charge in [0.25, 0.3) is 0 Å². The third-order valence-electron chi connectivity index (χ3n) is 4.04. The van der Waals surface area contributed by atoms with E-state index in [-0.39, 0.29) is 5.78 Å². The number of hydrogen-bond acceptors (Lipinski definition) is 2. The van der Waals surface area contributed by atoms with Crippen LogP contribution in [-0.2, 0) is 11.2 Å². The van der Waals surface area contributed by atoms with Crippen molar-refractivity contribution in [2.24, 2.45) is 0 Å². The van der Waals surface area contributed by atoms with E-state index in [4.69, 9.17) is 11.6 Å². The number of aryl methyl sites for hydroxylation is 1. The molecule has 0 radical (unpaired) electrons. The van der Waals surface area contributed by atoms with Gasteiger partial charge in [0.15, 0.2) is 5.78 Å². The molecule has 1 N–H and O–H groups in total. The fourth-order valence-electron chi connectivity index (χ4n) is 2.70. The Morgan fingerprint density at radius 2 is 2.21 bits per heavy atom. The highest BCUT2D eigenvalue weighted by Crippen LogP contribution is 2.42. The van der Waals surface area contributed by atoms with E-state index in [0.717, 1.165) is 16.5 Å². The Morgan fingerprint density at radius 1 is 1.47 bits per heavy atom. The summed E-state index contributed by atoms with van der Waals surface area (Å²) in [6.45, 7) is 1.77. The highest BCUT2D eigenvalue weighted by atomic mass is 79.9. The Kier molecular flexibility index (Phi) is 4.38. The molecule has 1 aliphatic rings. The molecule has 2 nitrogen and oxygen atoms in total. The van der Waals surface area contributed by atoms with Gasteiger partial charge in [-0.05, 0) is 50.3 Å². The molecule has 19 heavy (non-hydrogen) atoms. The number of rotatable bonds is 3. The van der Waals surface area contributed by atoms with E-state index >= 15 is 0 Å². The summed E-state index contributed by atoms with van der Waals surface area (Å²) < 4.78 is 1.00. The number of carbonyl (C=O) groups excluding carboxylic acids is 1. The molecule has 0 heterocycles. The number of carbonyl (C=O) groups is 1. The van der Waals surface area contributed by atoms with Crippen LogP contribution in [0, 0.1) is 0 Å². The molecule has 0 aromatic heterocycles. The maximum absolute atomic E-state index is 12.1. The van der Waals surface area contributed by atoms with Gasteiger partial charge in [0.05, 0.1) is 4.87 Å². The lowest BCUT2D eigenvalue weighted by molar-refractivity contribution is -0.145. The van der Waals surface area contributed by atoms with E-state index in [0.29, 0.717) is 25.7 Å². The molecular weight excluding hydrogens is 328 g/mol. The quantitative estimate of drug-likeness (QED) is 0.845. The summed E-state index contributed by atoms with van der Waals surface area (Å²) in [5.74, 6) is -0.119. The molecule has 1 saturated carbocycles. The normalized spacial score (nSPS) is 31.5. The summed E-state index contributed by atoms with van der Waals surface area (Å²) in [5, 5.41) is 10.7. The monoisotopic (exact) mass is 344 g/mol. The van der Waals surface area contributed by atoms with Crippen molar-refractivity contribution in [1.29, 1.82) is 0 Å². The molecule has 1 aromatic rings. The van der Waals surface area contributed by atoms with Gasteiger partial charge in [-0.15, -0.1) is 11.6 Å². The lowest BCUT2D eigenvalue weighted by atomic mass is 9.72. The summed E-state index contributed by atoms with van der Waals surface area (Å²) in [6, 6.07) is 7.90. The molecule has 0 unspecified atom stereocenters. The highest BCUT2D eigenvalue weighted by molar-refractivity contribution is 9.10. The van der Waals surface area contributed by atoms with Crippen molar-refractivity contribution < 1.29 is 9.90 Å². The first kappa shape index (κ1) is 15.0. The molecule has 0 saturated heterocycles. The average molecular weight is 346 g/mol. The van der Waals surface area contributed by atoms with Crippen LogP contribution in [0.2, 0.25) is 0 Å². The molecule has 0 spiro atoms. The highest BCUT2D eigenvalue weighted by Gasteiger charge is 2.52. The van der Waals surface area contributed by atoms with E-state index in [2.05, 4.69) is 15.9 Å². The first-order chi connectivity index (χ1) is 8.85. The Bertz CT molecular complexity index is 487. The molecule has 2 rings (SSSR count). The van der Waals surface area contributed by atoms with Crippen LogP contribution < -0.4 is 0 Å². The zero-order chi connectivity index (χ0) is 14.1. The van der Waals surface area contributed by atoms with Crippen LogP contribution in [-0.4, -0.2) is 21.4 Å². The van der Waals surface area contributed by atoms with Crippen LogP contribution in [0.1, 0.15) is 38.2 Å². The van der Waals surface area contributed by atoms with Crippen LogP contribution >= 0.6 is 27.5 Å². The third kappa shape index (κ3) is 3.04. The van der Waals surface area contributed by atoms with Crippen LogP contribution in [0.15, 0.2) is 28.7 Å². The maximum atomic E-state index is 12.1. The molecule has 104 valence electrons. The van der Waals surface area contributed by atoms with Crippen molar-refractivity contribution in [1.82, 2.24) is 0 Å². The van der Waals surface area contributed by atoms with E-state index in [1.54, 1.807) is 6.92 Å². The van der Waals surface area contributed by atoms with Crippen molar-refractivity contribution in [3.05, 3.63) is 34.3 Å². The number of alkyl halides is 1. The summed E-state index contributed by atoms with van der Waals surface area (Å²) in [7, 11) is 0. The lowest BCUT2D eigenvalue weighted by Crippen LogP contribution is -2.57. The van der Waals surface area contributed by atoms with Crippen LogP contribution in [0.4, 0.5) is 0 Å². The molecule has 2 atom stereocenters. The van der Waals surface area contributed by atoms with Gasteiger partial charge in [-0.1, -0.05) is 28.1 Å². The molecular formula is C15H18BrClO2. The number of ketones is 1. The van der Waals surface area contributed by atoms with Gasteiger partial charge in [-0.25, -0.2) is 0 Å². The minimum absolute atomic E-state index is 0.119. The van der Waals surface area contributed by atoms with E-state index < -0.39 is 10.5 Å². The fraction of sp³-hybridized carbons (Fsp3) is 0.533. The van der Waals surface area contributed by atoms with E-state index in [1.807, 2.05) is 24.3 Å². The first-order valence-electron chi connectivity index (χ1n) is 6.54. The summed E-state index contributed by atoms with van der Waals surface area (Å²) in [6.07, 6.45) is 2.89. The van der Waals surface area contributed by atoms with Gasteiger partial charge >= 0.3 is 0 Å². The largest absolute Gasteiger partial charge is 0.380 e. The zero-order valence-electron chi connectivity index (χ0n) is 11.0. The summed E-state index contributed by atoms with van der Waals surface area (Å²) in [4.78, 5) is 11.2. The Hall–Kier alpha value is -0.380. The molecule has 4 heteroatoms. The minimum Gasteiger partial charge on any atom is -0.380 e. The molecule has 1 fully saturated rings. The van der Waals surface area contributed by atoms with Crippen molar-refractivity contribution in [3.63, 3.8) is 0 Å². The maximum Gasteiger partial charge on any atom is 0.166 e. The molecule has 0 aliphatic heterocycles. The first-order valence-corrected chi connectivity index (χ1v) is 7.71. The molecule has 0 amide bonds. The molecule has 0 bridgehead atoms. The Morgan fingerprint density at radius 3 is 2.84 bits per heavy atom. The van der Waals surface area contributed by atoms with E-state index in [9.17, 15) is 9.90 Å². The average Bonchev–Trinajstić information content (AvgIpc) is 2.34. The Labute approximate surface area is 127 Å². The predicted octanol–water partition coefficient (Wildman–Crippen LogP) is 3.86. The van der Waals surface area contributed by atoms with Gasteiger partial charge < -0.3 is 5.11 Å². The van der Waals surface area contributed by atoms with Gasteiger partial charge in [0.2, 0.25) is 0 Å².